The van der Waals surface area contributed by atoms with Crippen molar-refractivity contribution in [2.24, 2.45) is 0 Å². The van der Waals surface area contributed by atoms with Crippen molar-refractivity contribution in [2.75, 3.05) is 0 Å². The van der Waals surface area contributed by atoms with Crippen molar-refractivity contribution in [3.8, 4) is 0 Å². The molecule has 0 saturated carbocycles. The summed E-state index contributed by atoms with van der Waals surface area (Å²) in [6, 6.07) is 8.00. The predicted molar refractivity (Wildman–Crippen MR) is 90.5 cm³/mol. The summed E-state index contributed by atoms with van der Waals surface area (Å²) in [4.78, 5) is 23.0. The van der Waals surface area contributed by atoms with Gasteiger partial charge in [0.15, 0.2) is 0 Å². The Hall–Kier alpha value is -2.27. The smallest absolute Gasteiger partial charge is 0.291 e. The van der Waals surface area contributed by atoms with Crippen LogP contribution in [0, 0.1) is 0 Å². The van der Waals surface area contributed by atoms with Gasteiger partial charge in [-0.15, -0.1) is 0 Å². The molecule has 0 atom stereocenters. The average Bonchev–Trinajstić information content (AvgIpc) is 3.01. The minimum absolute atomic E-state index is 0.231. The maximum Gasteiger partial charge on any atom is 0.291 e. The second-order valence-electron chi connectivity index (χ2n) is 5.39. The van der Waals surface area contributed by atoms with Crippen molar-refractivity contribution in [3.63, 3.8) is 0 Å². The number of rotatable bonds is 3. The van der Waals surface area contributed by atoms with Crippen LogP contribution in [0.3, 0.4) is 0 Å². The molecule has 4 nitrogen and oxygen atoms in total. The van der Waals surface area contributed by atoms with Gasteiger partial charge in [-0.1, -0.05) is 23.8 Å². The Morgan fingerprint density at radius 1 is 1.27 bits per heavy atom. The van der Waals surface area contributed by atoms with Crippen LogP contribution in [-0.4, -0.2) is 14.9 Å². The number of hydrogen-bond donors (Lipinski definition) is 1. The van der Waals surface area contributed by atoms with Crippen LogP contribution in [0.25, 0.3) is 17.0 Å². The number of allylic oxidation sites excluding steroid dienone is 2. The van der Waals surface area contributed by atoms with Gasteiger partial charge in [0.25, 0.3) is 5.24 Å². The zero-order chi connectivity index (χ0) is 15.7. The van der Waals surface area contributed by atoms with E-state index in [9.17, 15) is 9.59 Å². The normalized spacial score (nSPS) is 16.4. The lowest BCUT2D eigenvalue weighted by molar-refractivity contribution is -0.107. The Kier molecular flexibility index (Phi) is 3.90. The van der Waals surface area contributed by atoms with Crippen LogP contribution in [0.5, 0.6) is 0 Å². The molecule has 1 fully saturated rings. The number of fused-ring (bicyclic) bond motifs is 1. The highest BCUT2D eigenvalue weighted by Crippen LogP contribution is 2.25. The molecule has 0 spiro atoms. The van der Waals surface area contributed by atoms with E-state index in [4.69, 9.17) is 0 Å². The molecule has 22 heavy (non-hydrogen) atoms. The highest BCUT2D eigenvalue weighted by Gasteiger charge is 2.25. The summed E-state index contributed by atoms with van der Waals surface area (Å²) in [7, 11) is 0. The van der Waals surface area contributed by atoms with Crippen molar-refractivity contribution < 1.29 is 9.59 Å². The van der Waals surface area contributed by atoms with E-state index < -0.39 is 0 Å². The third-order valence-electron chi connectivity index (χ3n) is 3.49. The number of hydrogen-bond acceptors (Lipinski definition) is 3. The summed E-state index contributed by atoms with van der Waals surface area (Å²) in [5.74, 6) is 0. The van der Waals surface area contributed by atoms with Gasteiger partial charge < -0.3 is 9.88 Å². The van der Waals surface area contributed by atoms with Crippen LogP contribution in [0.15, 0.2) is 47.8 Å². The summed E-state index contributed by atoms with van der Waals surface area (Å²) in [5, 5.41) is 3.10. The Morgan fingerprint density at radius 2 is 2.09 bits per heavy atom. The quantitative estimate of drug-likeness (QED) is 0.690. The first kappa shape index (κ1) is 14.7. The van der Waals surface area contributed by atoms with Gasteiger partial charge in [0.05, 0.1) is 5.70 Å². The standard InChI is InChI=1S/C17H16N2O2S/c1-11(2)6-8-19-9-7-13-12(4-3-5-15(13)19)10-14-16(20)22-17(21)18-14/h3-7,9-10H,8H2,1-2H3,(H,18,21). The van der Waals surface area contributed by atoms with Crippen molar-refractivity contribution in [2.45, 2.75) is 20.4 Å². The van der Waals surface area contributed by atoms with Crippen LogP contribution in [-0.2, 0) is 11.3 Å². The van der Waals surface area contributed by atoms with Gasteiger partial charge in [-0.3, -0.25) is 9.59 Å². The number of benzene rings is 1. The maximum atomic E-state index is 11.7. The van der Waals surface area contributed by atoms with Gasteiger partial charge in [0.2, 0.25) is 5.12 Å². The Balaban J connectivity index is 2.02. The second-order valence-corrected chi connectivity index (χ2v) is 6.34. The highest BCUT2D eigenvalue weighted by atomic mass is 32.2. The number of nitrogens with one attached hydrogen (secondary N) is 1. The molecular weight excluding hydrogens is 296 g/mol. The maximum absolute atomic E-state index is 11.7. The lowest BCUT2D eigenvalue weighted by Crippen LogP contribution is -2.10. The van der Waals surface area contributed by atoms with E-state index in [1.54, 1.807) is 6.08 Å². The summed E-state index contributed by atoms with van der Waals surface area (Å²) >= 11 is 0.700. The van der Waals surface area contributed by atoms with E-state index in [2.05, 4.69) is 35.9 Å². The largest absolute Gasteiger partial charge is 0.344 e. The molecule has 2 aromatic rings. The molecule has 1 amide bonds. The first-order chi connectivity index (χ1) is 10.5. The van der Waals surface area contributed by atoms with Crippen molar-refractivity contribution in [1.29, 1.82) is 0 Å². The molecule has 1 saturated heterocycles. The zero-order valence-electron chi connectivity index (χ0n) is 12.4. The molecule has 1 aromatic carbocycles. The van der Waals surface area contributed by atoms with Crippen LogP contribution < -0.4 is 5.32 Å². The van der Waals surface area contributed by atoms with Crippen molar-refractivity contribution >= 4 is 39.1 Å². The number of aromatic nitrogens is 1. The minimum atomic E-state index is -0.315. The van der Waals surface area contributed by atoms with Gasteiger partial charge in [-0.05, 0) is 37.6 Å². The third-order valence-corrected chi connectivity index (χ3v) is 4.18. The second kappa shape index (κ2) is 5.85. The SMILES string of the molecule is CC(C)=CCn1ccc2c(C=C3NC(=O)SC3=O)cccc21. The molecule has 0 bridgehead atoms. The average molecular weight is 312 g/mol. The summed E-state index contributed by atoms with van der Waals surface area (Å²) in [5.41, 5.74) is 3.66. The summed E-state index contributed by atoms with van der Waals surface area (Å²) < 4.78 is 2.16. The lowest BCUT2D eigenvalue weighted by Gasteiger charge is -2.04. The number of amides is 1. The monoisotopic (exact) mass is 312 g/mol. The van der Waals surface area contributed by atoms with E-state index in [1.807, 2.05) is 24.4 Å². The third kappa shape index (κ3) is 2.85. The number of nitrogens with zero attached hydrogens (tertiary/aromatic N) is 1. The Morgan fingerprint density at radius 3 is 2.77 bits per heavy atom. The Labute approximate surface area is 132 Å². The molecule has 0 radical (unpaired) electrons. The highest BCUT2D eigenvalue weighted by molar-refractivity contribution is 8.27. The molecule has 1 N–H and O–H groups in total. The molecule has 1 aliphatic heterocycles. The topological polar surface area (TPSA) is 51.1 Å². The van der Waals surface area contributed by atoms with Crippen LogP contribution in [0.1, 0.15) is 19.4 Å². The fourth-order valence-electron chi connectivity index (χ4n) is 2.39. The first-order valence-corrected chi connectivity index (χ1v) is 7.82. The lowest BCUT2D eigenvalue weighted by atomic mass is 10.1. The van der Waals surface area contributed by atoms with Gasteiger partial charge in [0, 0.05) is 35.4 Å². The minimum Gasteiger partial charge on any atom is -0.344 e. The van der Waals surface area contributed by atoms with E-state index in [0.29, 0.717) is 17.5 Å². The van der Waals surface area contributed by atoms with Crippen LogP contribution >= 0.6 is 11.8 Å². The summed E-state index contributed by atoms with van der Waals surface area (Å²) in [6.07, 6.45) is 5.95. The van der Waals surface area contributed by atoms with Crippen LogP contribution in [0.2, 0.25) is 0 Å². The molecule has 2 heterocycles. The fourth-order valence-corrected chi connectivity index (χ4v) is 2.94. The van der Waals surface area contributed by atoms with Crippen molar-refractivity contribution in [3.05, 3.63) is 53.4 Å². The molecule has 5 heteroatoms. The van der Waals surface area contributed by atoms with Crippen molar-refractivity contribution in [1.82, 2.24) is 9.88 Å². The van der Waals surface area contributed by atoms with Gasteiger partial charge >= 0.3 is 0 Å². The van der Waals surface area contributed by atoms with E-state index in [0.717, 1.165) is 23.0 Å². The first-order valence-electron chi connectivity index (χ1n) is 7.00. The van der Waals surface area contributed by atoms with Gasteiger partial charge in [-0.25, -0.2) is 0 Å². The number of carbonyl (C=O) groups is 2. The number of thioether (sulfide) groups is 1. The van der Waals surface area contributed by atoms with E-state index in [1.165, 1.54) is 5.57 Å². The molecule has 0 aliphatic carbocycles. The van der Waals surface area contributed by atoms with E-state index >= 15 is 0 Å². The van der Waals surface area contributed by atoms with E-state index in [-0.39, 0.29) is 10.4 Å². The number of carbonyl (C=O) groups excluding carboxylic acids is 2. The molecule has 112 valence electrons. The zero-order valence-corrected chi connectivity index (χ0v) is 13.2. The Bertz CT molecular complexity index is 826. The van der Waals surface area contributed by atoms with Gasteiger partial charge in [-0.2, -0.15) is 0 Å². The fraction of sp³-hybridized carbons (Fsp3) is 0.176. The molecule has 0 unspecified atom stereocenters. The van der Waals surface area contributed by atoms with Crippen LogP contribution in [0.4, 0.5) is 4.79 Å². The molecule has 3 rings (SSSR count). The molecule has 1 aliphatic rings. The summed E-state index contributed by atoms with van der Waals surface area (Å²) in [6.45, 7) is 4.97. The predicted octanol–water partition coefficient (Wildman–Crippen LogP) is 3.93. The van der Waals surface area contributed by atoms with Gasteiger partial charge in [0.1, 0.15) is 0 Å². The molecular formula is C17H16N2O2S. The molecule has 1 aromatic heterocycles.